The Hall–Kier alpha value is -0.500. The van der Waals surface area contributed by atoms with Gasteiger partial charge in [-0.3, -0.25) is 0 Å². The van der Waals surface area contributed by atoms with Gasteiger partial charge in [-0.05, 0) is 0 Å². The molecule has 0 atom stereocenters. The highest BCUT2D eigenvalue weighted by molar-refractivity contribution is 4.62. The lowest BCUT2D eigenvalue weighted by atomic mass is 10.9. The van der Waals surface area contributed by atoms with Crippen molar-refractivity contribution in [2.45, 2.75) is 0 Å². The Morgan fingerprint density at radius 1 is 1.67 bits per heavy atom. The summed E-state index contributed by atoms with van der Waals surface area (Å²) in [4.78, 5) is 0. The van der Waals surface area contributed by atoms with E-state index >= 15 is 0 Å². The van der Waals surface area contributed by atoms with Gasteiger partial charge in [0, 0.05) is 7.05 Å². The molecule has 6 heavy (non-hydrogen) atoms. The second-order valence-corrected chi connectivity index (χ2v) is 0.981. The molecule has 3 N–H and O–H groups in total. The van der Waals surface area contributed by atoms with Crippen molar-refractivity contribution in [3.63, 3.8) is 0 Å². The van der Waals surface area contributed by atoms with Crippen molar-refractivity contribution in [3.05, 3.63) is 12.4 Å². The predicted molar refractivity (Wildman–Crippen MR) is 26.0 cm³/mol. The first kappa shape index (κ1) is 5.50. The van der Waals surface area contributed by atoms with E-state index < -0.39 is 0 Å². The summed E-state index contributed by atoms with van der Waals surface area (Å²) in [6, 6.07) is 0. The largest absolute Gasteiger partial charge is 0.390 e. The zero-order valence-electron chi connectivity index (χ0n) is 4.23. The Morgan fingerprint density at radius 3 is 2.50 bits per heavy atom. The van der Waals surface area contributed by atoms with E-state index in [0.717, 1.165) is 0 Å². The highest BCUT2D eigenvalue weighted by Gasteiger charge is 1.58. The average Bonchev–Trinajstić information content (AvgIpc) is 1.61. The molecule has 0 aliphatic carbocycles. The predicted octanol–water partition coefficient (Wildman–Crippen LogP) is -1.13. The lowest BCUT2D eigenvalue weighted by molar-refractivity contribution is -0.556. The summed E-state index contributed by atoms with van der Waals surface area (Å²) >= 11 is 0. The molecule has 0 bridgehead atoms. The Morgan fingerprint density at radius 2 is 2.33 bits per heavy atom. The zero-order valence-corrected chi connectivity index (χ0v) is 4.23. The van der Waals surface area contributed by atoms with E-state index in [2.05, 4.69) is 5.32 Å². The van der Waals surface area contributed by atoms with E-state index in [4.69, 9.17) is 0 Å². The highest BCUT2D eigenvalue weighted by atomic mass is 14.8. The SMILES string of the molecule is CN/C=C\[NH2+]C. The molecule has 0 fully saturated rings. The van der Waals surface area contributed by atoms with Crippen molar-refractivity contribution >= 4 is 0 Å². The Labute approximate surface area is 38.2 Å². The second kappa shape index (κ2) is 4.50. The van der Waals surface area contributed by atoms with Crippen LogP contribution in [-0.4, -0.2) is 14.1 Å². The standard InChI is InChI=1S/C4H10N2/c1-5-3-4-6-2/h3-6H,1-2H3/p+1/b4-3-. The van der Waals surface area contributed by atoms with Crippen molar-refractivity contribution in [2.24, 2.45) is 0 Å². The van der Waals surface area contributed by atoms with Crippen molar-refractivity contribution in [1.29, 1.82) is 0 Å². The highest BCUT2D eigenvalue weighted by Crippen LogP contribution is 1.40. The van der Waals surface area contributed by atoms with Crippen LogP contribution in [-0.2, 0) is 0 Å². The van der Waals surface area contributed by atoms with Crippen LogP contribution in [0.25, 0.3) is 0 Å². The van der Waals surface area contributed by atoms with Crippen molar-refractivity contribution < 1.29 is 5.32 Å². The molecule has 2 nitrogen and oxygen atoms in total. The van der Waals surface area contributed by atoms with Gasteiger partial charge < -0.3 is 10.6 Å². The van der Waals surface area contributed by atoms with Crippen LogP contribution in [0.5, 0.6) is 0 Å². The lowest BCUT2D eigenvalue weighted by Gasteiger charge is -1.78. The summed E-state index contributed by atoms with van der Waals surface area (Å²) in [6.07, 6.45) is 3.82. The normalized spacial score (nSPS) is 9.67. The Kier molecular flexibility index (Phi) is 4.12. The summed E-state index contributed by atoms with van der Waals surface area (Å²) in [7, 11) is 3.86. The molecule has 0 radical (unpaired) electrons. The van der Waals surface area contributed by atoms with E-state index in [9.17, 15) is 0 Å². The van der Waals surface area contributed by atoms with E-state index in [1.807, 2.05) is 31.8 Å². The van der Waals surface area contributed by atoms with Gasteiger partial charge in [0.2, 0.25) is 0 Å². The molecule has 36 valence electrons. The molecule has 2 heteroatoms. The summed E-state index contributed by atoms with van der Waals surface area (Å²) in [5.41, 5.74) is 0. The van der Waals surface area contributed by atoms with Gasteiger partial charge in [0.1, 0.15) is 6.20 Å². The smallest absolute Gasteiger partial charge is 0.108 e. The van der Waals surface area contributed by atoms with Gasteiger partial charge in [-0.2, -0.15) is 0 Å². The quantitative estimate of drug-likeness (QED) is 0.438. The number of quaternary nitrogens is 1. The fourth-order valence-electron chi connectivity index (χ4n) is 0.192. The Bertz CT molecular complexity index is 34.8. The Balaban J connectivity index is 2.73. The van der Waals surface area contributed by atoms with E-state index in [1.165, 1.54) is 0 Å². The van der Waals surface area contributed by atoms with Crippen LogP contribution in [0.4, 0.5) is 0 Å². The molecule has 0 saturated heterocycles. The van der Waals surface area contributed by atoms with Crippen LogP contribution in [0.15, 0.2) is 12.4 Å². The summed E-state index contributed by atoms with van der Waals surface area (Å²) < 4.78 is 0. The molecule has 0 aromatic heterocycles. The summed E-state index contributed by atoms with van der Waals surface area (Å²) in [5, 5.41) is 4.83. The van der Waals surface area contributed by atoms with Gasteiger partial charge in [0.25, 0.3) is 0 Å². The minimum absolute atomic E-state index is 1.88. The molecular formula is C4H11N2+. The van der Waals surface area contributed by atoms with Crippen LogP contribution in [0, 0.1) is 0 Å². The van der Waals surface area contributed by atoms with Gasteiger partial charge in [0.05, 0.1) is 13.2 Å². The molecule has 0 aromatic rings. The van der Waals surface area contributed by atoms with Gasteiger partial charge in [-0.15, -0.1) is 0 Å². The summed E-state index contributed by atoms with van der Waals surface area (Å²) in [6.45, 7) is 0. The average molecular weight is 87.1 g/mol. The van der Waals surface area contributed by atoms with E-state index in [0.29, 0.717) is 0 Å². The number of hydrogen-bond acceptors (Lipinski definition) is 1. The monoisotopic (exact) mass is 87.1 g/mol. The molecule has 0 heterocycles. The van der Waals surface area contributed by atoms with Gasteiger partial charge >= 0.3 is 0 Å². The fraction of sp³-hybridized carbons (Fsp3) is 0.500. The maximum atomic E-state index is 2.86. The van der Waals surface area contributed by atoms with Gasteiger partial charge in [-0.1, -0.05) is 0 Å². The van der Waals surface area contributed by atoms with Crippen molar-refractivity contribution in [3.8, 4) is 0 Å². The first-order chi connectivity index (χ1) is 2.91. The third-order valence-corrected chi connectivity index (χ3v) is 0.455. The molecule has 0 rings (SSSR count). The lowest BCUT2D eigenvalue weighted by Crippen LogP contribution is -2.72. The molecule has 0 aliphatic heterocycles. The fourth-order valence-corrected chi connectivity index (χ4v) is 0.192. The molecule has 0 unspecified atom stereocenters. The van der Waals surface area contributed by atoms with Crippen LogP contribution in [0.3, 0.4) is 0 Å². The van der Waals surface area contributed by atoms with Crippen LogP contribution >= 0.6 is 0 Å². The molecule has 0 saturated carbocycles. The van der Waals surface area contributed by atoms with E-state index in [-0.39, 0.29) is 0 Å². The minimum atomic E-state index is 1.88. The second-order valence-electron chi connectivity index (χ2n) is 0.981. The van der Waals surface area contributed by atoms with Crippen LogP contribution in [0.2, 0.25) is 0 Å². The van der Waals surface area contributed by atoms with Gasteiger partial charge in [0.15, 0.2) is 0 Å². The van der Waals surface area contributed by atoms with Gasteiger partial charge in [-0.25, -0.2) is 0 Å². The zero-order chi connectivity index (χ0) is 4.83. The van der Waals surface area contributed by atoms with E-state index in [1.54, 1.807) is 0 Å². The topological polar surface area (TPSA) is 28.6 Å². The minimum Gasteiger partial charge on any atom is -0.390 e. The maximum absolute atomic E-state index is 2.86. The van der Waals surface area contributed by atoms with Crippen LogP contribution < -0.4 is 10.6 Å². The molecule has 0 amide bonds. The van der Waals surface area contributed by atoms with Crippen molar-refractivity contribution in [1.82, 2.24) is 5.32 Å². The third-order valence-electron chi connectivity index (χ3n) is 0.455. The number of hydrogen-bond donors (Lipinski definition) is 2. The first-order valence-electron chi connectivity index (χ1n) is 2.03. The molecule has 0 spiro atoms. The molecular weight excluding hydrogens is 76.1 g/mol. The number of rotatable bonds is 2. The number of nitrogens with two attached hydrogens (primary N) is 1. The number of nitrogens with one attached hydrogen (secondary N) is 1. The molecule has 0 aromatic carbocycles. The third kappa shape index (κ3) is 3.50. The van der Waals surface area contributed by atoms with Crippen molar-refractivity contribution in [2.75, 3.05) is 14.1 Å². The molecule has 0 aliphatic rings. The first-order valence-corrected chi connectivity index (χ1v) is 2.03. The van der Waals surface area contributed by atoms with Crippen LogP contribution in [0.1, 0.15) is 0 Å². The maximum Gasteiger partial charge on any atom is 0.108 e. The summed E-state index contributed by atoms with van der Waals surface area (Å²) in [5.74, 6) is 0.